The molecule has 2 aliphatic heterocycles. The van der Waals surface area contributed by atoms with Crippen molar-refractivity contribution in [3.8, 4) is 11.1 Å². The summed E-state index contributed by atoms with van der Waals surface area (Å²) < 4.78 is 0. The molecule has 0 atom stereocenters. The van der Waals surface area contributed by atoms with Crippen molar-refractivity contribution in [2.75, 3.05) is 14.7 Å². The molecule has 0 bridgehead atoms. The van der Waals surface area contributed by atoms with Crippen LogP contribution in [-0.2, 0) is 32.5 Å². The van der Waals surface area contributed by atoms with Gasteiger partial charge in [-0.05, 0) is 211 Å². The van der Waals surface area contributed by atoms with Gasteiger partial charge in [0.1, 0.15) is 0 Å². The van der Waals surface area contributed by atoms with Gasteiger partial charge >= 0.3 is 0 Å². The van der Waals surface area contributed by atoms with Crippen LogP contribution in [0.1, 0.15) is 160 Å². The summed E-state index contributed by atoms with van der Waals surface area (Å²) >= 11 is 0. The zero-order valence-corrected chi connectivity index (χ0v) is 48.5. The molecule has 77 heavy (non-hydrogen) atoms. The van der Waals surface area contributed by atoms with Gasteiger partial charge in [0.05, 0.1) is 5.69 Å². The van der Waals surface area contributed by atoms with Crippen LogP contribution in [0.15, 0.2) is 158 Å². The third kappa shape index (κ3) is 7.57. The topological polar surface area (TPSA) is 9.72 Å². The molecular formula is C73H78BN3. The standard InChI is InChI=1S/C73H78BN3/c1-46-38-54-57(73(13,14)45-72(54,11)12)43-61(46)77-63-44-56-55(69(5,6)34-35-70(56,7)8)42-59(63)74-58-32-30-49(48-24-18-15-19-25-48)39-62(58)76(60-33-31-53-66(47(60)2)71(9,10)37-36-68(53,3)4)64-40-52(41-65(77)67(64)74)75(50-26-20-16-21-27-50)51-28-22-17-23-29-51/h15-33,38-44H,34-37,45H2,1-14H3. The number of benzene rings is 8. The molecule has 0 amide bonds. The van der Waals surface area contributed by atoms with Crippen molar-refractivity contribution >= 4 is 74.3 Å². The fourth-order valence-corrected chi connectivity index (χ4v) is 15.7. The average Bonchev–Trinajstić information content (AvgIpc) is 3.46. The average molecular weight is 1010 g/mol. The normalized spacial score (nSPS) is 19.1. The van der Waals surface area contributed by atoms with Crippen LogP contribution in [-0.4, -0.2) is 6.71 Å². The van der Waals surface area contributed by atoms with Gasteiger partial charge in [-0.3, -0.25) is 0 Å². The Labute approximate surface area is 461 Å². The van der Waals surface area contributed by atoms with E-state index in [0.717, 1.165) is 42.7 Å². The molecule has 0 saturated heterocycles. The minimum Gasteiger partial charge on any atom is -0.311 e. The molecule has 8 aromatic carbocycles. The highest BCUT2D eigenvalue weighted by Gasteiger charge is 2.49. The molecule has 0 spiro atoms. The van der Waals surface area contributed by atoms with E-state index in [1.807, 2.05) is 0 Å². The summed E-state index contributed by atoms with van der Waals surface area (Å²) in [5.41, 5.74) is 29.4. The van der Waals surface area contributed by atoms with Gasteiger partial charge in [0.15, 0.2) is 0 Å². The van der Waals surface area contributed by atoms with E-state index in [9.17, 15) is 0 Å². The van der Waals surface area contributed by atoms with E-state index >= 15 is 0 Å². The largest absolute Gasteiger partial charge is 0.311 e. The fourth-order valence-electron chi connectivity index (χ4n) is 15.7. The van der Waals surface area contributed by atoms with Crippen LogP contribution >= 0.6 is 0 Å². The summed E-state index contributed by atoms with van der Waals surface area (Å²) in [6.07, 6.45) is 5.75. The van der Waals surface area contributed by atoms with Gasteiger partial charge in [-0.2, -0.15) is 0 Å². The van der Waals surface area contributed by atoms with Crippen molar-refractivity contribution in [3.05, 3.63) is 202 Å². The first kappa shape index (κ1) is 49.8. The van der Waals surface area contributed by atoms with Crippen LogP contribution < -0.4 is 31.1 Å². The second-order valence-electron chi connectivity index (χ2n) is 27.9. The summed E-state index contributed by atoms with van der Waals surface area (Å²) in [6.45, 7) is 34.6. The molecule has 0 saturated carbocycles. The summed E-state index contributed by atoms with van der Waals surface area (Å²) in [6, 6.07) is 61.3. The Kier molecular flexibility index (Phi) is 10.9. The number of nitrogens with zero attached hydrogens (tertiary/aromatic N) is 3. The molecule has 2 heterocycles. The number of rotatable bonds is 6. The van der Waals surface area contributed by atoms with Crippen molar-refractivity contribution in [2.24, 2.45) is 0 Å². The predicted octanol–water partition coefficient (Wildman–Crippen LogP) is 18.2. The Morgan fingerprint density at radius 1 is 0.364 bits per heavy atom. The molecule has 5 aliphatic rings. The zero-order valence-electron chi connectivity index (χ0n) is 48.5. The highest BCUT2D eigenvalue weighted by Crippen LogP contribution is 2.57. The number of aryl methyl sites for hydroxylation is 1. The molecule has 388 valence electrons. The lowest BCUT2D eigenvalue weighted by atomic mass is 9.33. The maximum absolute atomic E-state index is 2.75. The molecule has 3 aliphatic carbocycles. The lowest BCUT2D eigenvalue weighted by Crippen LogP contribution is -2.62. The van der Waals surface area contributed by atoms with Crippen LogP contribution in [0.3, 0.4) is 0 Å². The van der Waals surface area contributed by atoms with E-state index in [4.69, 9.17) is 0 Å². The monoisotopic (exact) mass is 1010 g/mol. The molecule has 0 N–H and O–H groups in total. The van der Waals surface area contributed by atoms with Crippen molar-refractivity contribution in [1.29, 1.82) is 0 Å². The van der Waals surface area contributed by atoms with E-state index < -0.39 is 0 Å². The first-order valence-corrected chi connectivity index (χ1v) is 28.8. The molecular weight excluding hydrogens is 930 g/mol. The van der Waals surface area contributed by atoms with E-state index in [1.165, 1.54) is 113 Å². The molecule has 3 nitrogen and oxygen atoms in total. The Hall–Kier alpha value is -6.78. The first-order valence-electron chi connectivity index (χ1n) is 28.8. The van der Waals surface area contributed by atoms with Gasteiger partial charge in [-0.15, -0.1) is 0 Å². The predicted molar refractivity (Wildman–Crippen MR) is 331 cm³/mol. The highest BCUT2D eigenvalue weighted by molar-refractivity contribution is 7.00. The maximum atomic E-state index is 2.75. The van der Waals surface area contributed by atoms with Crippen molar-refractivity contribution in [1.82, 2.24) is 0 Å². The lowest BCUT2D eigenvalue weighted by molar-refractivity contribution is 0.330. The molecule has 0 unspecified atom stereocenters. The third-order valence-electron chi connectivity index (χ3n) is 19.8. The number of hydrogen-bond donors (Lipinski definition) is 0. The minimum atomic E-state index is -0.0390. The Morgan fingerprint density at radius 3 is 1.44 bits per heavy atom. The molecule has 0 fully saturated rings. The Bertz CT molecular complexity index is 3670. The maximum Gasteiger partial charge on any atom is 0.252 e. The number of hydrogen-bond acceptors (Lipinski definition) is 3. The number of para-hydroxylation sites is 2. The van der Waals surface area contributed by atoms with Crippen molar-refractivity contribution in [2.45, 2.75) is 162 Å². The SMILES string of the molecule is Cc1cc2c(cc1N1c3cc4c(cc3B3c5ccc(-c6ccccc6)cc5N(c5ccc6c(c5C)C(C)(C)CCC6(C)C)c5cc(N(c6ccccc6)c6ccccc6)cc1c53)C(C)(C)CCC4(C)C)C(C)(C)CC2(C)C. The smallest absolute Gasteiger partial charge is 0.252 e. The van der Waals surface area contributed by atoms with Crippen LogP contribution in [0.4, 0.5) is 51.2 Å². The molecule has 4 heteroatoms. The molecule has 0 aromatic heterocycles. The summed E-state index contributed by atoms with van der Waals surface area (Å²) in [7, 11) is 0. The minimum absolute atomic E-state index is 0.00737. The number of fused-ring (bicyclic) bond motifs is 7. The lowest BCUT2D eigenvalue weighted by Gasteiger charge is -2.48. The summed E-state index contributed by atoms with van der Waals surface area (Å²) in [5.74, 6) is 0. The van der Waals surface area contributed by atoms with E-state index in [1.54, 1.807) is 0 Å². The van der Waals surface area contributed by atoms with E-state index in [2.05, 4.69) is 269 Å². The van der Waals surface area contributed by atoms with Gasteiger partial charge in [0, 0.05) is 45.5 Å². The Morgan fingerprint density at radius 2 is 0.844 bits per heavy atom. The van der Waals surface area contributed by atoms with Crippen molar-refractivity contribution < 1.29 is 0 Å². The summed E-state index contributed by atoms with van der Waals surface area (Å²) in [5, 5.41) is 0. The Balaban J connectivity index is 1.21. The van der Waals surface area contributed by atoms with E-state index in [-0.39, 0.29) is 39.2 Å². The summed E-state index contributed by atoms with van der Waals surface area (Å²) in [4.78, 5) is 7.97. The van der Waals surface area contributed by atoms with Crippen LogP contribution in [0, 0.1) is 13.8 Å². The van der Waals surface area contributed by atoms with Gasteiger partial charge in [0.25, 0.3) is 6.71 Å². The van der Waals surface area contributed by atoms with Gasteiger partial charge in [0.2, 0.25) is 0 Å². The van der Waals surface area contributed by atoms with E-state index in [0.29, 0.717) is 0 Å². The van der Waals surface area contributed by atoms with Crippen molar-refractivity contribution in [3.63, 3.8) is 0 Å². The van der Waals surface area contributed by atoms with Gasteiger partial charge in [-0.25, -0.2) is 0 Å². The first-order chi connectivity index (χ1) is 36.5. The van der Waals surface area contributed by atoms with Crippen LogP contribution in [0.5, 0.6) is 0 Å². The van der Waals surface area contributed by atoms with Gasteiger partial charge in [-0.1, -0.05) is 180 Å². The number of anilines is 9. The fraction of sp³-hybridized carbons (Fsp3) is 0.342. The van der Waals surface area contributed by atoms with Gasteiger partial charge < -0.3 is 14.7 Å². The molecule has 0 radical (unpaired) electrons. The molecule has 13 rings (SSSR count). The quantitative estimate of drug-likeness (QED) is 0.154. The highest BCUT2D eigenvalue weighted by atomic mass is 15.2. The molecule has 8 aromatic rings. The third-order valence-corrected chi connectivity index (χ3v) is 19.8. The second-order valence-corrected chi connectivity index (χ2v) is 27.9. The zero-order chi connectivity index (χ0) is 53.9. The van der Waals surface area contributed by atoms with Crippen LogP contribution in [0.25, 0.3) is 11.1 Å². The second kappa shape index (κ2) is 16.9. The van der Waals surface area contributed by atoms with Crippen LogP contribution in [0.2, 0.25) is 0 Å².